The second kappa shape index (κ2) is 9.65. The summed E-state index contributed by atoms with van der Waals surface area (Å²) in [5.41, 5.74) is 5.96. The van der Waals surface area contributed by atoms with Crippen molar-refractivity contribution in [2.45, 2.75) is 52.7 Å². The van der Waals surface area contributed by atoms with Gasteiger partial charge < -0.3 is 0 Å². The van der Waals surface area contributed by atoms with E-state index in [0.717, 1.165) is 39.1 Å². The van der Waals surface area contributed by atoms with Crippen LogP contribution in [0.5, 0.6) is 0 Å². The number of carbonyl (C=O) groups is 1. The highest BCUT2D eigenvalue weighted by molar-refractivity contribution is 7.99. The summed E-state index contributed by atoms with van der Waals surface area (Å²) < 4.78 is 1.73. The Labute approximate surface area is 202 Å². The van der Waals surface area contributed by atoms with Gasteiger partial charge in [-0.2, -0.15) is 0 Å². The van der Waals surface area contributed by atoms with Crippen LogP contribution in [-0.2, 0) is 13.0 Å². The second-order valence-corrected chi connectivity index (χ2v) is 10.5. The molecule has 2 aromatic carbocycles. The lowest BCUT2D eigenvalue weighted by Crippen LogP contribution is -2.24. The van der Waals surface area contributed by atoms with E-state index in [1.807, 2.05) is 70.2 Å². The number of fused-ring (bicyclic) bond motifs is 1. The lowest BCUT2D eigenvalue weighted by Gasteiger charge is -2.13. The molecule has 33 heavy (non-hydrogen) atoms. The van der Waals surface area contributed by atoms with Crippen LogP contribution in [0.25, 0.3) is 10.2 Å². The molecule has 0 fully saturated rings. The Bertz CT molecular complexity index is 1400. The number of ketones is 1. The van der Waals surface area contributed by atoms with Gasteiger partial charge in [-0.25, -0.2) is 4.98 Å². The predicted octanol–water partition coefficient (Wildman–Crippen LogP) is 6.28. The number of Topliss-reactive ketones (excluding diaryl/α,β-unsaturated/α-hetero) is 1. The zero-order valence-corrected chi connectivity index (χ0v) is 21.3. The normalized spacial score (nSPS) is 11.3. The van der Waals surface area contributed by atoms with Crippen molar-refractivity contribution in [3.63, 3.8) is 0 Å². The Kier molecular flexibility index (Phi) is 6.86. The summed E-state index contributed by atoms with van der Waals surface area (Å²) in [6.07, 6.45) is 0.873. The summed E-state index contributed by atoms with van der Waals surface area (Å²) in [7, 11) is 0. The molecule has 0 bridgehead atoms. The van der Waals surface area contributed by atoms with Gasteiger partial charge in [0.25, 0.3) is 5.56 Å². The van der Waals surface area contributed by atoms with Crippen LogP contribution >= 0.6 is 23.1 Å². The van der Waals surface area contributed by atoms with E-state index in [1.165, 1.54) is 22.2 Å². The van der Waals surface area contributed by atoms with Crippen LogP contribution in [0.4, 0.5) is 0 Å². The van der Waals surface area contributed by atoms with Crippen LogP contribution < -0.4 is 5.56 Å². The van der Waals surface area contributed by atoms with E-state index in [4.69, 9.17) is 4.98 Å². The molecule has 170 valence electrons. The molecule has 0 saturated heterocycles. The molecule has 4 rings (SSSR count). The van der Waals surface area contributed by atoms with E-state index in [-0.39, 0.29) is 17.1 Å². The van der Waals surface area contributed by atoms with Gasteiger partial charge >= 0.3 is 0 Å². The average molecular weight is 477 g/mol. The third kappa shape index (κ3) is 4.82. The first-order valence-corrected chi connectivity index (χ1v) is 12.9. The fraction of sp³-hybridized carbons (Fsp3) is 0.296. The van der Waals surface area contributed by atoms with E-state index >= 15 is 0 Å². The fourth-order valence-electron chi connectivity index (χ4n) is 3.95. The van der Waals surface area contributed by atoms with Crippen molar-refractivity contribution in [3.05, 3.63) is 91.1 Å². The molecule has 4 aromatic rings. The number of aromatic nitrogens is 2. The van der Waals surface area contributed by atoms with Gasteiger partial charge in [0.05, 0.1) is 17.7 Å². The zero-order valence-electron chi connectivity index (χ0n) is 19.7. The molecule has 0 spiro atoms. The maximum Gasteiger partial charge on any atom is 0.263 e. The van der Waals surface area contributed by atoms with Gasteiger partial charge in [0, 0.05) is 10.4 Å². The van der Waals surface area contributed by atoms with Crippen molar-refractivity contribution in [2.75, 3.05) is 5.75 Å². The highest BCUT2D eigenvalue weighted by atomic mass is 32.2. The largest absolute Gasteiger partial charge is 0.293 e. The molecule has 0 aliphatic carbocycles. The minimum absolute atomic E-state index is 0.0317. The van der Waals surface area contributed by atoms with Crippen molar-refractivity contribution >= 4 is 39.1 Å². The predicted molar refractivity (Wildman–Crippen MR) is 139 cm³/mol. The van der Waals surface area contributed by atoms with Crippen LogP contribution in [-0.4, -0.2) is 21.1 Å². The number of aryl methyl sites for hydroxylation is 5. The molecule has 0 aliphatic rings. The molecule has 0 aliphatic heterocycles. The molecule has 2 aromatic heterocycles. The highest BCUT2D eigenvalue weighted by Crippen LogP contribution is 2.30. The molecule has 0 N–H and O–H groups in total. The van der Waals surface area contributed by atoms with Crippen molar-refractivity contribution in [1.29, 1.82) is 0 Å². The quantitative estimate of drug-likeness (QED) is 0.179. The maximum atomic E-state index is 13.6. The van der Waals surface area contributed by atoms with Crippen molar-refractivity contribution in [1.82, 2.24) is 9.55 Å². The summed E-state index contributed by atoms with van der Waals surface area (Å²) in [5.74, 6) is 0.287. The Morgan fingerprint density at radius 1 is 1.03 bits per heavy atom. The molecule has 6 heteroatoms. The Morgan fingerprint density at radius 3 is 2.42 bits per heavy atom. The van der Waals surface area contributed by atoms with E-state index < -0.39 is 0 Å². The van der Waals surface area contributed by atoms with Crippen LogP contribution in [0.3, 0.4) is 0 Å². The first kappa shape index (κ1) is 23.5. The monoisotopic (exact) mass is 476 g/mol. The summed E-state index contributed by atoms with van der Waals surface area (Å²) >= 11 is 2.93. The molecule has 0 atom stereocenters. The molecule has 0 amide bonds. The van der Waals surface area contributed by atoms with Gasteiger partial charge in [-0.3, -0.25) is 14.2 Å². The summed E-state index contributed by atoms with van der Waals surface area (Å²) in [6, 6.07) is 14.1. The van der Waals surface area contributed by atoms with Gasteiger partial charge in [0.15, 0.2) is 10.9 Å². The van der Waals surface area contributed by atoms with Crippen LogP contribution in [0.2, 0.25) is 0 Å². The van der Waals surface area contributed by atoms with Gasteiger partial charge in [-0.1, -0.05) is 66.2 Å². The number of hydrogen-bond acceptors (Lipinski definition) is 5. The molecule has 0 radical (unpaired) electrons. The SMILES string of the molecule is CCc1sc2nc(SCC(=O)c3cc(C)ccc3C)n(Cc3ccc(C)cc3)c(=O)c2c1C. The molecule has 2 heterocycles. The van der Waals surface area contributed by atoms with Gasteiger partial charge in [-0.05, 0) is 56.9 Å². The Balaban J connectivity index is 1.75. The first-order valence-electron chi connectivity index (χ1n) is 11.1. The smallest absolute Gasteiger partial charge is 0.263 e. The van der Waals surface area contributed by atoms with Crippen LogP contribution in [0, 0.1) is 27.7 Å². The molecule has 0 saturated carbocycles. The highest BCUT2D eigenvalue weighted by Gasteiger charge is 2.19. The number of hydrogen-bond donors (Lipinski definition) is 0. The third-order valence-corrected chi connectivity index (χ3v) is 8.23. The lowest BCUT2D eigenvalue weighted by molar-refractivity contribution is 0.102. The minimum atomic E-state index is -0.0317. The first-order chi connectivity index (χ1) is 15.8. The zero-order chi connectivity index (χ0) is 23.7. The number of rotatable bonds is 7. The molecule has 0 unspecified atom stereocenters. The second-order valence-electron chi connectivity index (χ2n) is 8.49. The van der Waals surface area contributed by atoms with E-state index in [1.54, 1.807) is 15.9 Å². The van der Waals surface area contributed by atoms with E-state index in [2.05, 4.69) is 6.92 Å². The Hall–Kier alpha value is -2.70. The molecular formula is C27H28N2O2S2. The molecule has 4 nitrogen and oxygen atoms in total. The standard InChI is InChI=1S/C27H28N2O2S2/c1-6-23-19(5)24-25(33-23)28-27(29(26(24)31)14-20-11-8-16(2)9-12-20)32-15-22(30)21-13-17(3)7-10-18(21)4/h7-13H,6,14-15H2,1-5H3. The van der Waals surface area contributed by atoms with Gasteiger partial charge in [0.1, 0.15) is 4.83 Å². The maximum absolute atomic E-state index is 13.6. The van der Waals surface area contributed by atoms with Crippen LogP contribution in [0.1, 0.15) is 50.0 Å². The summed E-state index contributed by atoms with van der Waals surface area (Å²) in [6.45, 7) is 10.5. The topological polar surface area (TPSA) is 52.0 Å². The Morgan fingerprint density at radius 2 is 1.73 bits per heavy atom. The van der Waals surface area contributed by atoms with E-state index in [0.29, 0.717) is 17.1 Å². The van der Waals surface area contributed by atoms with Crippen molar-refractivity contribution in [3.8, 4) is 0 Å². The number of thioether (sulfide) groups is 1. The molecular weight excluding hydrogens is 448 g/mol. The number of thiophene rings is 1. The van der Waals surface area contributed by atoms with Crippen molar-refractivity contribution in [2.24, 2.45) is 0 Å². The van der Waals surface area contributed by atoms with Crippen molar-refractivity contribution < 1.29 is 4.79 Å². The third-order valence-electron chi connectivity index (χ3n) is 5.92. The van der Waals surface area contributed by atoms with E-state index in [9.17, 15) is 9.59 Å². The van der Waals surface area contributed by atoms with Crippen LogP contribution in [0.15, 0.2) is 52.4 Å². The lowest BCUT2D eigenvalue weighted by atomic mass is 10.0. The average Bonchev–Trinajstić information content (AvgIpc) is 3.12. The summed E-state index contributed by atoms with van der Waals surface area (Å²) in [4.78, 5) is 33.5. The van der Waals surface area contributed by atoms with Gasteiger partial charge in [0.2, 0.25) is 0 Å². The fourth-order valence-corrected chi connectivity index (χ4v) is 5.99. The van der Waals surface area contributed by atoms with Gasteiger partial charge in [-0.15, -0.1) is 11.3 Å². The minimum Gasteiger partial charge on any atom is -0.293 e. The number of benzene rings is 2. The number of carbonyl (C=O) groups excluding carboxylic acids is 1. The summed E-state index contributed by atoms with van der Waals surface area (Å²) in [5, 5.41) is 1.30. The number of nitrogens with zero attached hydrogens (tertiary/aromatic N) is 2.